The minimum Gasteiger partial charge on any atom is -0.369 e. The highest BCUT2D eigenvalue weighted by Crippen LogP contribution is 2.24. The topological polar surface area (TPSA) is 77.6 Å². The maximum Gasteiger partial charge on any atom is 0.216 e. The van der Waals surface area contributed by atoms with Crippen molar-refractivity contribution in [1.82, 2.24) is 19.9 Å². The maximum absolute atomic E-state index is 12.8. The molecule has 2 aliphatic rings. The van der Waals surface area contributed by atoms with Gasteiger partial charge in [0.2, 0.25) is 10.0 Å². The first kappa shape index (κ1) is 19.3. The van der Waals surface area contributed by atoms with Crippen LogP contribution in [0.15, 0.2) is 48.8 Å². The fraction of sp³-hybridized carbons (Fsp3) is 0.450. The molecular weight excluding hydrogens is 374 g/mol. The summed E-state index contributed by atoms with van der Waals surface area (Å²) in [4.78, 5) is 6.41. The van der Waals surface area contributed by atoms with E-state index in [1.165, 1.54) is 0 Å². The Morgan fingerprint density at radius 2 is 1.82 bits per heavy atom. The molecule has 8 heteroatoms. The average molecular weight is 402 g/mol. The first-order valence-corrected chi connectivity index (χ1v) is 11.3. The van der Waals surface area contributed by atoms with Gasteiger partial charge in [-0.15, -0.1) is 0 Å². The van der Waals surface area contributed by atoms with E-state index in [4.69, 9.17) is 0 Å². The Hall–Kier alpha value is -2.00. The van der Waals surface area contributed by atoms with Gasteiger partial charge in [-0.3, -0.25) is 10.3 Å². The van der Waals surface area contributed by atoms with E-state index in [0.29, 0.717) is 39.4 Å². The van der Waals surface area contributed by atoms with Crippen molar-refractivity contribution in [3.63, 3.8) is 0 Å². The molecule has 1 aromatic carbocycles. The highest BCUT2D eigenvalue weighted by Gasteiger charge is 2.37. The van der Waals surface area contributed by atoms with Crippen molar-refractivity contribution in [3.05, 3.63) is 48.8 Å². The Balaban J connectivity index is 1.37. The third kappa shape index (κ3) is 4.20. The van der Waals surface area contributed by atoms with Crippen LogP contribution in [0.1, 0.15) is 6.92 Å². The lowest BCUT2D eigenvalue weighted by molar-refractivity contribution is 0.374. The Morgan fingerprint density at radius 1 is 1.07 bits per heavy atom. The zero-order chi connectivity index (χ0) is 19.6. The van der Waals surface area contributed by atoms with Gasteiger partial charge in [-0.25, -0.2) is 8.42 Å². The minimum absolute atomic E-state index is 0.132. The van der Waals surface area contributed by atoms with E-state index in [2.05, 4.69) is 44.8 Å². The number of benzene rings is 1. The number of sulfonamides is 1. The SMILES string of the molecule is C[C@@]1(CS(=O)(=O)N2CCN(c3ccc(-c4cccnc4)cc3)CC2)CNCN1. The molecule has 1 atom stereocenters. The second kappa shape index (κ2) is 7.79. The summed E-state index contributed by atoms with van der Waals surface area (Å²) in [5, 5.41) is 6.43. The van der Waals surface area contributed by atoms with Crippen molar-refractivity contribution in [2.75, 3.05) is 50.0 Å². The van der Waals surface area contributed by atoms with Gasteiger partial charge in [-0.1, -0.05) is 18.2 Å². The average Bonchev–Trinajstić information content (AvgIpc) is 3.14. The molecule has 2 N–H and O–H groups in total. The summed E-state index contributed by atoms with van der Waals surface area (Å²) in [5.74, 6) is 0.132. The lowest BCUT2D eigenvalue weighted by Gasteiger charge is -2.37. The van der Waals surface area contributed by atoms with E-state index in [0.717, 1.165) is 16.8 Å². The number of hydrogen-bond donors (Lipinski definition) is 2. The number of hydrogen-bond acceptors (Lipinski definition) is 6. The van der Waals surface area contributed by atoms with Crippen LogP contribution in [0, 0.1) is 0 Å². The Kier molecular flexibility index (Phi) is 5.37. The molecule has 7 nitrogen and oxygen atoms in total. The fourth-order valence-electron chi connectivity index (χ4n) is 3.90. The summed E-state index contributed by atoms with van der Waals surface area (Å²) in [5.41, 5.74) is 2.95. The summed E-state index contributed by atoms with van der Waals surface area (Å²) in [6, 6.07) is 12.4. The third-order valence-corrected chi connectivity index (χ3v) is 7.67. The fourth-order valence-corrected chi connectivity index (χ4v) is 5.81. The molecule has 0 spiro atoms. The quantitative estimate of drug-likeness (QED) is 0.782. The van der Waals surface area contributed by atoms with Gasteiger partial charge >= 0.3 is 0 Å². The van der Waals surface area contributed by atoms with Gasteiger partial charge in [-0.05, 0) is 36.2 Å². The number of rotatable bonds is 5. The van der Waals surface area contributed by atoms with Gasteiger partial charge < -0.3 is 10.2 Å². The first-order valence-electron chi connectivity index (χ1n) is 9.64. The monoisotopic (exact) mass is 401 g/mol. The van der Waals surface area contributed by atoms with Crippen LogP contribution >= 0.6 is 0 Å². The van der Waals surface area contributed by atoms with Crippen molar-refractivity contribution in [3.8, 4) is 11.1 Å². The van der Waals surface area contributed by atoms with Crippen LogP contribution < -0.4 is 15.5 Å². The summed E-state index contributed by atoms with van der Waals surface area (Å²) in [6.07, 6.45) is 3.62. The third-order valence-electron chi connectivity index (χ3n) is 5.52. The number of piperazine rings is 1. The van der Waals surface area contributed by atoms with Crippen LogP contribution in [0.5, 0.6) is 0 Å². The molecule has 2 aliphatic heterocycles. The van der Waals surface area contributed by atoms with Crippen LogP contribution in [0.3, 0.4) is 0 Å². The number of anilines is 1. The predicted molar refractivity (Wildman–Crippen MR) is 112 cm³/mol. The van der Waals surface area contributed by atoms with Gasteiger partial charge in [0.05, 0.1) is 5.75 Å². The van der Waals surface area contributed by atoms with Crippen molar-refractivity contribution >= 4 is 15.7 Å². The van der Waals surface area contributed by atoms with Crippen LogP contribution in [-0.2, 0) is 10.0 Å². The molecule has 150 valence electrons. The van der Waals surface area contributed by atoms with E-state index < -0.39 is 15.6 Å². The summed E-state index contributed by atoms with van der Waals surface area (Å²) >= 11 is 0. The van der Waals surface area contributed by atoms with Gasteiger partial charge in [-0.2, -0.15) is 4.31 Å². The lowest BCUT2D eigenvalue weighted by atomic mass is 10.1. The largest absolute Gasteiger partial charge is 0.369 e. The van der Waals surface area contributed by atoms with Gasteiger partial charge in [0.1, 0.15) is 0 Å². The normalized spacial score (nSPS) is 23.8. The Morgan fingerprint density at radius 3 is 2.43 bits per heavy atom. The van der Waals surface area contributed by atoms with E-state index in [-0.39, 0.29) is 5.75 Å². The molecule has 0 aliphatic carbocycles. The summed E-state index contributed by atoms with van der Waals surface area (Å²) in [6.45, 7) is 5.75. The first-order chi connectivity index (χ1) is 13.5. The van der Waals surface area contributed by atoms with Crippen molar-refractivity contribution in [2.45, 2.75) is 12.5 Å². The Bertz CT molecular complexity index is 888. The van der Waals surface area contributed by atoms with Crippen molar-refractivity contribution in [1.29, 1.82) is 0 Å². The lowest BCUT2D eigenvalue weighted by Crippen LogP contribution is -2.54. The molecule has 28 heavy (non-hydrogen) atoms. The van der Waals surface area contributed by atoms with E-state index in [9.17, 15) is 8.42 Å². The highest BCUT2D eigenvalue weighted by atomic mass is 32.2. The smallest absolute Gasteiger partial charge is 0.216 e. The molecule has 2 aromatic rings. The van der Waals surface area contributed by atoms with Gasteiger partial charge in [0.15, 0.2) is 0 Å². The van der Waals surface area contributed by atoms with Crippen LogP contribution in [0.2, 0.25) is 0 Å². The number of aromatic nitrogens is 1. The molecule has 0 bridgehead atoms. The second-order valence-corrected chi connectivity index (χ2v) is 9.74. The van der Waals surface area contributed by atoms with E-state index in [1.807, 2.05) is 25.3 Å². The molecule has 0 saturated carbocycles. The number of nitrogens with zero attached hydrogens (tertiary/aromatic N) is 3. The molecule has 3 heterocycles. The molecular formula is C20H27N5O2S. The van der Waals surface area contributed by atoms with Crippen molar-refractivity contribution in [2.24, 2.45) is 0 Å². The maximum atomic E-state index is 12.8. The van der Waals surface area contributed by atoms with Crippen molar-refractivity contribution < 1.29 is 8.42 Å². The van der Waals surface area contributed by atoms with Gasteiger partial charge in [0.25, 0.3) is 0 Å². The standard InChI is InChI=1S/C20H27N5O2S/c1-20(14-22-16-23-20)15-28(26,27)25-11-9-24(10-12-25)19-6-4-17(5-7-19)18-3-2-8-21-13-18/h2-8,13,22-23H,9-12,14-16H2,1H3/t20-/m0/s1. The minimum atomic E-state index is -3.28. The Labute approximate surface area is 166 Å². The predicted octanol–water partition coefficient (Wildman–Crippen LogP) is 1.11. The molecule has 4 rings (SSSR count). The molecule has 0 radical (unpaired) electrons. The van der Waals surface area contributed by atoms with Crippen LogP contribution in [-0.4, -0.2) is 68.4 Å². The van der Waals surface area contributed by atoms with Gasteiger partial charge in [0, 0.05) is 63.0 Å². The van der Waals surface area contributed by atoms with E-state index >= 15 is 0 Å². The van der Waals surface area contributed by atoms with Crippen LogP contribution in [0.4, 0.5) is 5.69 Å². The molecule has 0 unspecified atom stereocenters. The summed E-state index contributed by atoms with van der Waals surface area (Å²) < 4.78 is 27.3. The number of pyridine rings is 1. The summed E-state index contributed by atoms with van der Waals surface area (Å²) in [7, 11) is -3.28. The molecule has 2 saturated heterocycles. The van der Waals surface area contributed by atoms with E-state index in [1.54, 1.807) is 10.5 Å². The second-order valence-electron chi connectivity index (χ2n) is 7.77. The highest BCUT2D eigenvalue weighted by molar-refractivity contribution is 7.89. The number of nitrogens with one attached hydrogen (secondary N) is 2. The molecule has 2 fully saturated rings. The zero-order valence-corrected chi connectivity index (χ0v) is 17.0. The zero-order valence-electron chi connectivity index (χ0n) is 16.1. The molecule has 1 aromatic heterocycles. The molecule has 0 amide bonds. The van der Waals surface area contributed by atoms with Crippen LogP contribution in [0.25, 0.3) is 11.1 Å².